The minimum absolute atomic E-state index is 0.0462. The third-order valence-corrected chi connectivity index (χ3v) is 5.54. The van der Waals surface area contributed by atoms with Gasteiger partial charge >= 0.3 is 0 Å². The summed E-state index contributed by atoms with van der Waals surface area (Å²) in [5, 5.41) is 3.17. The Bertz CT molecular complexity index is 818. The van der Waals surface area contributed by atoms with Crippen LogP contribution in [0.1, 0.15) is 37.4 Å². The summed E-state index contributed by atoms with van der Waals surface area (Å²) < 4.78 is 5.22. The Morgan fingerprint density at radius 3 is 2.45 bits per heavy atom. The number of ether oxygens (including phenoxy) is 1. The Hall–Kier alpha value is -2.82. The number of benzene rings is 2. The van der Waals surface area contributed by atoms with Gasteiger partial charge in [-0.05, 0) is 35.6 Å². The van der Waals surface area contributed by atoms with Crippen LogP contribution in [-0.2, 0) is 16.0 Å². The molecule has 1 aliphatic rings. The Labute approximate surface area is 173 Å². The summed E-state index contributed by atoms with van der Waals surface area (Å²) in [6, 6.07) is 17.8. The van der Waals surface area contributed by atoms with Crippen molar-refractivity contribution in [3.8, 4) is 5.75 Å². The van der Waals surface area contributed by atoms with E-state index in [0.717, 1.165) is 17.7 Å². The minimum atomic E-state index is -0.294. The van der Waals surface area contributed by atoms with Crippen LogP contribution in [0.15, 0.2) is 54.6 Å². The molecular weight excluding hydrogens is 364 g/mol. The first-order valence-corrected chi connectivity index (χ1v) is 10.2. The zero-order valence-electron chi connectivity index (χ0n) is 17.4. The van der Waals surface area contributed by atoms with Gasteiger partial charge in [0.25, 0.3) is 0 Å². The fourth-order valence-corrected chi connectivity index (χ4v) is 3.79. The zero-order valence-corrected chi connectivity index (χ0v) is 17.4. The lowest BCUT2D eigenvalue weighted by Crippen LogP contribution is -2.37. The number of hydrogen-bond donors (Lipinski definition) is 1. The predicted molar refractivity (Wildman–Crippen MR) is 114 cm³/mol. The number of methoxy groups -OCH3 is 1. The van der Waals surface area contributed by atoms with Crippen molar-refractivity contribution in [2.45, 2.75) is 32.7 Å². The van der Waals surface area contributed by atoms with Gasteiger partial charge in [-0.3, -0.25) is 9.59 Å². The summed E-state index contributed by atoms with van der Waals surface area (Å²) in [6.07, 6.45) is 1.09. The number of nitrogens with one attached hydrogen (secondary N) is 1. The summed E-state index contributed by atoms with van der Waals surface area (Å²) in [4.78, 5) is 27.1. The van der Waals surface area contributed by atoms with E-state index >= 15 is 0 Å². The normalized spacial score (nSPS) is 17.4. The van der Waals surface area contributed by atoms with Gasteiger partial charge in [-0.15, -0.1) is 0 Å². The van der Waals surface area contributed by atoms with Gasteiger partial charge in [0.15, 0.2) is 0 Å². The quantitative estimate of drug-likeness (QED) is 0.744. The highest BCUT2D eigenvalue weighted by molar-refractivity contribution is 5.89. The maximum atomic E-state index is 12.9. The maximum Gasteiger partial charge on any atom is 0.225 e. The Kier molecular flexibility index (Phi) is 6.91. The molecule has 2 aromatic rings. The monoisotopic (exact) mass is 394 g/mol. The van der Waals surface area contributed by atoms with E-state index in [0.29, 0.717) is 13.1 Å². The van der Waals surface area contributed by atoms with Crippen molar-refractivity contribution in [2.75, 3.05) is 20.2 Å². The number of likely N-dealkylation sites (tertiary alicyclic amines) is 1. The minimum Gasteiger partial charge on any atom is -0.497 e. The fourth-order valence-electron chi connectivity index (χ4n) is 3.79. The van der Waals surface area contributed by atoms with Gasteiger partial charge in [0.05, 0.1) is 19.1 Å². The van der Waals surface area contributed by atoms with E-state index in [2.05, 4.69) is 31.3 Å². The van der Waals surface area contributed by atoms with Gasteiger partial charge < -0.3 is 15.0 Å². The summed E-state index contributed by atoms with van der Waals surface area (Å²) in [7, 11) is 1.64. The van der Waals surface area contributed by atoms with E-state index in [1.54, 1.807) is 7.11 Å². The second kappa shape index (κ2) is 9.59. The number of carbonyl (C=O) groups is 2. The van der Waals surface area contributed by atoms with Crippen LogP contribution in [0, 0.1) is 11.8 Å². The zero-order chi connectivity index (χ0) is 20.8. The van der Waals surface area contributed by atoms with Gasteiger partial charge in [-0.2, -0.15) is 0 Å². The number of hydrogen-bond acceptors (Lipinski definition) is 3. The average molecular weight is 395 g/mol. The van der Waals surface area contributed by atoms with Crippen LogP contribution < -0.4 is 10.1 Å². The van der Waals surface area contributed by atoms with E-state index in [-0.39, 0.29) is 36.1 Å². The van der Waals surface area contributed by atoms with Crippen LogP contribution in [0.25, 0.3) is 0 Å². The van der Waals surface area contributed by atoms with Gasteiger partial charge in [-0.25, -0.2) is 0 Å². The van der Waals surface area contributed by atoms with Crippen molar-refractivity contribution in [2.24, 2.45) is 11.8 Å². The van der Waals surface area contributed by atoms with E-state index < -0.39 is 0 Å². The smallest absolute Gasteiger partial charge is 0.225 e. The van der Waals surface area contributed by atoms with E-state index in [1.807, 2.05) is 47.4 Å². The highest BCUT2D eigenvalue weighted by atomic mass is 16.5. The van der Waals surface area contributed by atoms with Crippen LogP contribution in [0.3, 0.4) is 0 Å². The molecule has 2 atom stereocenters. The molecule has 154 valence electrons. The SMILES string of the molecule is COc1ccc(C(NC(=O)C2CC(=O)N(CCc3ccccc3)C2)C(C)C)cc1. The highest BCUT2D eigenvalue weighted by Crippen LogP contribution is 2.26. The summed E-state index contributed by atoms with van der Waals surface area (Å²) in [5.41, 5.74) is 2.24. The second-order valence-electron chi connectivity index (χ2n) is 7.98. The number of amides is 2. The lowest BCUT2D eigenvalue weighted by atomic mass is 9.95. The third-order valence-electron chi connectivity index (χ3n) is 5.54. The number of nitrogens with zero attached hydrogens (tertiary/aromatic N) is 1. The van der Waals surface area contributed by atoms with Crippen LogP contribution >= 0.6 is 0 Å². The lowest BCUT2D eigenvalue weighted by Gasteiger charge is -2.25. The molecule has 2 aromatic carbocycles. The van der Waals surface area contributed by atoms with Crippen LogP contribution in [0.5, 0.6) is 5.75 Å². The Morgan fingerprint density at radius 2 is 1.83 bits per heavy atom. The summed E-state index contributed by atoms with van der Waals surface area (Å²) in [5.74, 6) is 0.746. The van der Waals surface area contributed by atoms with Crippen molar-refractivity contribution >= 4 is 11.8 Å². The molecule has 0 aliphatic carbocycles. The summed E-state index contributed by atoms with van der Waals surface area (Å²) >= 11 is 0. The highest BCUT2D eigenvalue weighted by Gasteiger charge is 2.35. The Morgan fingerprint density at radius 1 is 1.14 bits per heavy atom. The molecular formula is C24H30N2O3. The molecule has 0 radical (unpaired) electrons. The van der Waals surface area contributed by atoms with Crippen LogP contribution in [-0.4, -0.2) is 36.9 Å². The summed E-state index contributed by atoms with van der Waals surface area (Å²) in [6.45, 7) is 5.31. The van der Waals surface area contributed by atoms with Crippen molar-refractivity contribution in [1.29, 1.82) is 0 Å². The third kappa shape index (κ3) is 5.37. The fraction of sp³-hybridized carbons (Fsp3) is 0.417. The molecule has 3 rings (SSSR count). The van der Waals surface area contributed by atoms with Gasteiger partial charge in [0, 0.05) is 19.5 Å². The molecule has 2 unspecified atom stereocenters. The molecule has 1 fully saturated rings. The Balaban J connectivity index is 1.59. The van der Waals surface area contributed by atoms with Crippen molar-refractivity contribution in [3.05, 3.63) is 65.7 Å². The molecule has 5 nitrogen and oxygen atoms in total. The topological polar surface area (TPSA) is 58.6 Å². The molecule has 5 heteroatoms. The first-order valence-electron chi connectivity index (χ1n) is 10.2. The van der Waals surface area contributed by atoms with E-state index in [1.165, 1.54) is 5.56 Å². The molecule has 1 aliphatic heterocycles. The molecule has 29 heavy (non-hydrogen) atoms. The molecule has 0 bridgehead atoms. The lowest BCUT2D eigenvalue weighted by molar-refractivity contribution is -0.129. The van der Waals surface area contributed by atoms with Gasteiger partial charge in [-0.1, -0.05) is 56.3 Å². The van der Waals surface area contributed by atoms with Crippen molar-refractivity contribution in [3.63, 3.8) is 0 Å². The molecule has 0 aromatic heterocycles. The average Bonchev–Trinajstić information content (AvgIpc) is 3.11. The molecule has 0 saturated carbocycles. The second-order valence-corrected chi connectivity index (χ2v) is 7.98. The molecule has 1 N–H and O–H groups in total. The first kappa shape index (κ1) is 20.9. The molecule has 1 saturated heterocycles. The number of rotatable bonds is 8. The van der Waals surface area contributed by atoms with E-state index in [4.69, 9.17) is 4.74 Å². The standard InChI is InChI=1S/C24H30N2O3/c1-17(2)23(19-9-11-21(29-3)12-10-19)25-24(28)20-15-22(27)26(16-20)14-13-18-7-5-4-6-8-18/h4-12,17,20,23H,13-16H2,1-3H3,(H,25,28). The van der Waals surface area contributed by atoms with Crippen molar-refractivity contribution in [1.82, 2.24) is 10.2 Å². The number of carbonyl (C=O) groups excluding carboxylic acids is 2. The molecule has 0 spiro atoms. The first-order chi connectivity index (χ1) is 14.0. The van der Waals surface area contributed by atoms with Crippen LogP contribution in [0.2, 0.25) is 0 Å². The molecule has 2 amide bonds. The molecule has 1 heterocycles. The predicted octanol–water partition coefficient (Wildman–Crippen LogP) is 3.60. The maximum absolute atomic E-state index is 12.9. The van der Waals surface area contributed by atoms with E-state index in [9.17, 15) is 9.59 Å². The van der Waals surface area contributed by atoms with Crippen molar-refractivity contribution < 1.29 is 14.3 Å². The van der Waals surface area contributed by atoms with Crippen LogP contribution in [0.4, 0.5) is 0 Å². The van der Waals surface area contributed by atoms with Gasteiger partial charge in [0.1, 0.15) is 5.75 Å². The largest absolute Gasteiger partial charge is 0.497 e. The van der Waals surface area contributed by atoms with Gasteiger partial charge in [0.2, 0.25) is 11.8 Å².